The first-order valence-electron chi connectivity index (χ1n) is 4.78. The van der Waals surface area contributed by atoms with Crippen LogP contribution >= 0.6 is 11.3 Å². The number of hydrogen-bond acceptors (Lipinski definition) is 4. The van der Waals surface area contributed by atoms with Gasteiger partial charge in [-0.3, -0.25) is 4.79 Å². The zero-order chi connectivity index (χ0) is 11.0. The average molecular weight is 229 g/mol. The van der Waals surface area contributed by atoms with Crippen molar-refractivity contribution in [2.45, 2.75) is 0 Å². The first-order valence-corrected chi connectivity index (χ1v) is 5.60. The van der Waals surface area contributed by atoms with Crippen molar-refractivity contribution in [2.24, 2.45) is 0 Å². The summed E-state index contributed by atoms with van der Waals surface area (Å²) in [6, 6.07) is 11.0. The summed E-state index contributed by atoms with van der Waals surface area (Å²) in [5.74, 6) is 0.632. The predicted molar refractivity (Wildman–Crippen MR) is 63.6 cm³/mol. The van der Waals surface area contributed by atoms with Gasteiger partial charge in [-0.05, 0) is 24.3 Å². The third-order valence-electron chi connectivity index (χ3n) is 2.26. The van der Waals surface area contributed by atoms with Gasteiger partial charge in [0.25, 0.3) is 5.56 Å². The lowest BCUT2D eigenvalue weighted by atomic mass is 10.3. The Morgan fingerprint density at radius 3 is 2.81 bits per heavy atom. The van der Waals surface area contributed by atoms with E-state index in [1.807, 2.05) is 18.2 Å². The SMILES string of the molecule is O=c1nc(-c2ccco2)sc2ccccc12. The molecule has 4 heteroatoms. The molecule has 3 aromatic rings. The first kappa shape index (κ1) is 9.30. The molecule has 0 radical (unpaired) electrons. The van der Waals surface area contributed by atoms with Crippen molar-refractivity contribution in [1.29, 1.82) is 0 Å². The molecule has 0 amide bonds. The molecular weight excluding hydrogens is 222 g/mol. The van der Waals surface area contributed by atoms with Gasteiger partial charge in [0.1, 0.15) is 0 Å². The van der Waals surface area contributed by atoms with E-state index in [2.05, 4.69) is 4.98 Å². The van der Waals surface area contributed by atoms with Crippen molar-refractivity contribution in [3.05, 3.63) is 53.0 Å². The van der Waals surface area contributed by atoms with E-state index in [-0.39, 0.29) is 5.56 Å². The Bertz CT molecular complexity index is 686. The fourth-order valence-electron chi connectivity index (χ4n) is 1.52. The van der Waals surface area contributed by atoms with Crippen molar-refractivity contribution in [3.63, 3.8) is 0 Å². The predicted octanol–water partition coefficient (Wildman–Crippen LogP) is 2.92. The second-order valence-electron chi connectivity index (χ2n) is 3.30. The third kappa shape index (κ3) is 1.44. The van der Waals surface area contributed by atoms with Crippen LogP contribution in [0.25, 0.3) is 20.9 Å². The van der Waals surface area contributed by atoms with Gasteiger partial charge in [-0.2, -0.15) is 4.98 Å². The number of nitrogens with zero attached hydrogens (tertiary/aromatic N) is 1. The molecule has 0 aliphatic rings. The van der Waals surface area contributed by atoms with E-state index < -0.39 is 0 Å². The van der Waals surface area contributed by atoms with Gasteiger partial charge in [0.2, 0.25) is 0 Å². The van der Waals surface area contributed by atoms with Crippen molar-refractivity contribution < 1.29 is 4.42 Å². The van der Waals surface area contributed by atoms with Crippen LogP contribution in [-0.2, 0) is 0 Å². The fraction of sp³-hybridized carbons (Fsp3) is 0. The van der Waals surface area contributed by atoms with Crippen LogP contribution in [0.1, 0.15) is 0 Å². The molecule has 0 spiro atoms. The number of aromatic nitrogens is 1. The molecule has 0 fully saturated rings. The molecule has 1 aromatic carbocycles. The summed E-state index contributed by atoms with van der Waals surface area (Å²) in [6.07, 6.45) is 1.57. The van der Waals surface area contributed by atoms with Crippen LogP contribution in [0, 0.1) is 0 Å². The van der Waals surface area contributed by atoms with Crippen LogP contribution in [0.2, 0.25) is 0 Å². The van der Waals surface area contributed by atoms with Crippen molar-refractivity contribution in [3.8, 4) is 10.8 Å². The molecule has 2 heterocycles. The Balaban J connectivity index is 2.34. The highest BCUT2D eigenvalue weighted by Crippen LogP contribution is 2.25. The summed E-state index contributed by atoms with van der Waals surface area (Å²) in [4.78, 5) is 15.8. The Morgan fingerprint density at radius 2 is 2.00 bits per heavy atom. The third-order valence-corrected chi connectivity index (χ3v) is 3.32. The lowest BCUT2D eigenvalue weighted by molar-refractivity contribution is 0.581. The smallest absolute Gasteiger partial charge is 0.279 e. The maximum Gasteiger partial charge on any atom is 0.279 e. The maximum absolute atomic E-state index is 11.7. The second-order valence-corrected chi connectivity index (χ2v) is 4.33. The van der Waals surface area contributed by atoms with E-state index in [1.54, 1.807) is 24.5 Å². The van der Waals surface area contributed by atoms with E-state index in [9.17, 15) is 4.79 Å². The Morgan fingerprint density at radius 1 is 1.12 bits per heavy atom. The van der Waals surface area contributed by atoms with E-state index in [0.717, 1.165) is 4.70 Å². The number of fused-ring (bicyclic) bond motifs is 1. The molecule has 0 atom stereocenters. The van der Waals surface area contributed by atoms with Crippen LogP contribution in [0.4, 0.5) is 0 Å². The number of hydrogen-bond donors (Lipinski definition) is 0. The summed E-state index contributed by atoms with van der Waals surface area (Å²) in [6.45, 7) is 0. The average Bonchev–Trinajstić information content (AvgIpc) is 2.82. The zero-order valence-electron chi connectivity index (χ0n) is 8.21. The molecule has 0 saturated heterocycles. The van der Waals surface area contributed by atoms with Crippen molar-refractivity contribution in [1.82, 2.24) is 4.98 Å². The highest BCUT2D eigenvalue weighted by molar-refractivity contribution is 7.21. The number of rotatable bonds is 1. The Hall–Kier alpha value is -1.94. The monoisotopic (exact) mass is 229 g/mol. The van der Waals surface area contributed by atoms with E-state index in [4.69, 9.17) is 4.42 Å². The van der Waals surface area contributed by atoms with Crippen molar-refractivity contribution in [2.75, 3.05) is 0 Å². The summed E-state index contributed by atoms with van der Waals surface area (Å²) in [5.41, 5.74) is -0.208. The standard InChI is InChI=1S/C12H7NO2S/c14-11-8-4-1-2-6-10(8)16-12(13-11)9-5-3-7-15-9/h1-7H. The highest BCUT2D eigenvalue weighted by atomic mass is 32.1. The largest absolute Gasteiger partial charge is 0.462 e. The minimum Gasteiger partial charge on any atom is -0.462 e. The Labute approximate surface area is 95.0 Å². The number of furan rings is 1. The van der Waals surface area contributed by atoms with E-state index >= 15 is 0 Å². The Kier molecular flexibility index (Phi) is 2.08. The van der Waals surface area contributed by atoms with E-state index in [0.29, 0.717) is 16.2 Å². The fourth-order valence-corrected chi connectivity index (χ4v) is 2.48. The van der Waals surface area contributed by atoms with Crippen molar-refractivity contribution >= 4 is 21.4 Å². The van der Waals surface area contributed by atoms with E-state index in [1.165, 1.54) is 11.3 Å². The van der Waals surface area contributed by atoms with Crippen LogP contribution in [-0.4, -0.2) is 4.98 Å². The van der Waals surface area contributed by atoms with Gasteiger partial charge < -0.3 is 4.42 Å². The molecule has 2 aromatic heterocycles. The van der Waals surface area contributed by atoms with Crippen LogP contribution < -0.4 is 5.56 Å². The first-order chi connectivity index (χ1) is 7.84. The summed E-state index contributed by atoms with van der Waals surface area (Å²) in [5, 5.41) is 1.27. The van der Waals surface area contributed by atoms with Gasteiger partial charge in [-0.25, -0.2) is 0 Å². The lowest BCUT2D eigenvalue weighted by Crippen LogP contribution is -2.05. The molecule has 78 valence electrons. The molecule has 0 aliphatic heterocycles. The second kappa shape index (κ2) is 3.57. The highest BCUT2D eigenvalue weighted by Gasteiger charge is 2.07. The molecule has 3 nitrogen and oxygen atoms in total. The topological polar surface area (TPSA) is 43.1 Å². The lowest BCUT2D eigenvalue weighted by Gasteiger charge is -1.97. The maximum atomic E-state index is 11.7. The minimum atomic E-state index is -0.208. The number of benzene rings is 1. The molecular formula is C12H7NO2S. The molecule has 0 unspecified atom stereocenters. The molecule has 0 bridgehead atoms. The normalized spacial score (nSPS) is 10.8. The van der Waals surface area contributed by atoms with Gasteiger partial charge >= 0.3 is 0 Å². The summed E-state index contributed by atoms with van der Waals surface area (Å²) < 4.78 is 6.16. The van der Waals surface area contributed by atoms with Gasteiger partial charge in [0.15, 0.2) is 10.8 Å². The molecule has 0 saturated carbocycles. The molecule has 16 heavy (non-hydrogen) atoms. The molecule has 0 N–H and O–H groups in total. The van der Waals surface area contributed by atoms with Crippen LogP contribution in [0.3, 0.4) is 0 Å². The van der Waals surface area contributed by atoms with Gasteiger partial charge in [0.05, 0.1) is 11.6 Å². The van der Waals surface area contributed by atoms with Crippen LogP contribution in [0.15, 0.2) is 51.9 Å². The van der Waals surface area contributed by atoms with Gasteiger partial charge in [-0.1, -0.05) is 12.1 Å². The summed E-state index contributed by atoms with van der Waals surface area (Å²) in [7, 11) is 0. The molecule has 0 aliphatic carbocycles. The zero-order valence-corrected chi connectivity index (χ0v) is 9.03. The van der Waals surface area contributed by atoms with Crippen LogP contribution in [0.5, 0.6) is 0 Å². The summed E-state index contributed by atoms with van der Waals surface area (Å²) >= 11 is 1.45. The quantitative estimate of drug-likeness (QED) is 0.644. The molecule has 3 rings (SSSR count). The minimum absolute atomic E-state index is 0.208. The van der Waals surface area contributed by atoms with Gasteiger partial charge in [-0.15, -0.1) is 11.3 Å². The van der Waals surface area contributed by atoms with Gasteiger partial charge in [0, 0.05) is 4.70 Å².